The van der Waals surface area contributed by atoms with Crippen molar-refractivity contribution >= 4 is 46.2 Å². The van der Waals surface area contributed by atoms with Gasteiger partial charge < -0.3 is 11.1 Å². The smallest absolute Gasteiger partial charge is 0.259 e. The molecule has 10 heteroatoms. The average molecular weight is 415 g/mol. The number of hydrogen-bond acceptors (Lipinski definition) is 7. The number of H-pyrrole nitrogens is 1. The quantitative estimate of drug-likeness (QED) is 0.348. The Labute approximate surface area is 170 Å². The summed E-state index contributed by atoms with van der Waals surface area (Å²) in [4.78, 5) is 28.7. The number of aryl methyl sites for hydroxylation is 1. The minimum absolute atomic E-state index is 0.115. The van der Waals surface area contributed by atoms with Crippen LogP contribution in [0.25, 0.3) is 0 Å². The Bertz CT molecular complexity index is 1030. The van der Waals surface area contributed by atoms with Gasteiger partial charge in [0.2, 0.25) is 11.0 Å². The minimum atomic E-state index is -0.378. The van der Waals surface area contributed by atoms with Crippen LogP contribution in [0.4, 0.5) is 10.8 Å². The van der Waals surface area contributed by atoms with E-state index in [0.29, 0.717) is 33.3 Å². The topological polar surface area (TPSA) is 126 Å². The second-order valence-electron chi connectivity index (χ2n) is 5.85. The molecular weight excluding hydrogens is 396 g/mol. The summed E-state index contributed by atoms with van der Waals surface area (Å²) in [5.41, 5.74) is 8.34. The van der Waals surface area contributed by atoms with Crippen molar-refractivity contribution in [1.29, 1.82) is 0 Å². The highest BCUT2D eigenvalue weighted by Crippen LogP contribution is 2.21. The third-order valence-electron chi connectivity index (χ3n) is 3.91. The molecule has 0 spiro atoms. The molecule has 0 aliphatic rings. The SMILES string of the molecule is Nc1c(CCC(=O)NCc2ccccn2)cccc1C(=O)Nc1n[nH]c(=S)s1. The number of amides is 2. The predicted octanol–water partition coefficient (Wildman–Crippen LogP) is 2.68. The summed E-state index contributed by atoms with van der Waals surface area (Å²) in [5, 5.41) is 12.3. The number of carbonyl (C=O) groups excluding carboxylic acids is 2. The van der Waals surface area contributed by atoms with Crippen LogP contribution in [0.15, 0.2) is 42.6 Å². The number of nitrogens with zero attached hydrogens (tertiary/aromatic N) is 2. The zero-order valence-corrected chi connectivity index (χ0v) is 16.4. The molecule has 2 heterocycles. The van der Waals surface area contributed by atoms with E-state index in [0.717, 1.165) is 22.6 Å². The predicted molar refractivity (Wildman–Crippen MR) is 111 cm³/mol. The number of nitrogens with two attached hydrogens (primary N) is 1. The number of hydrogen-bond donors (Lipinski definition) is 4. The zero-order chi connectivity index (χ0) is 19.9. The van der Waals surface area contributed by atoms with Crippen LogP contribution in [0.5, 0.6) is 0 Å². The molecule has 0 fully saturated rings. The van der Waals surface area contributed by atoms with Crippen molar-refractivity contribution in [2.24, 2.45) is 0 Å². The van der Waals surface area contributed by atoms with Crippen molar-refractivity contribution in [2.45, 2.75) is 19.4 Å². The summed E-state index contributed by atoms with van der Waals surface area (Å²) >= 11 is 6.10. The van der Waals surface area contributed by atoms with Gasteiger partial charge >= 0.3 is 0 Å². The van der Waals surface area contributed by atoms with Gasteiger partial charge in [0.05, 0.1) is 17.8 Å². The Morgan fingerprint density at radius 1 is 1.21 bits per heavy atom. The van der Waals surface area contributed by atoms with Crippen LogP contribution in [0, 0.1) is 3.95 Å². The molecule has 0 unspecified atom stereocenters. The first-order valence-electron chi connectivity index (χ1n) is 8.44. The summed E-state index contributed by atoms with van der Waals surface area (Å²) in [6, 6.07) is 10.7. The molecule has 0 atom stereocenters. The van der Waals surface area contributed by atoms with E-state index in [1.807, 2.05) is 18.2 Å². The van der Waals surface area contributed by atoms with E-state index in [1.165, 1.54) is 0 Å². The second kappa shape index (κ2) is 9.20. The minimum Gasteiger partial charge on any atom is -0.398 e. The van der Waals surface area contributed by atoms with Crippen LogP contribution >= 0.6 is 23.6 Å². The number of carbonyl (C=O) groups is 2. The lowest BCUT2D eigenvalue weighted by Crippen LogP contribution is -2.23. The molecule has 0 bridgehead atoms. The third-order valence-corrected chi connectivity index (χ3v) is 4.92. The molecule has 0 saturated carbocycles. The lowest BCUT2D eigenvalue weighted by molar-refractivity contribution is -0.121. The van der Waals surface area contributed by atoms with Crippen molar-refractivity contribution < 1.29 is 9.59 Å². The molecule has 2 aromatic heterocycles. The van der Waals surface area contributed by atoms with Gasteiger partial charge in [-0.3, -0.25) is 25.0 Å². The number of nitrogens with one attached hydrogen (secondary N) is 3. The molecule has 144 valence electrons. The van der Waals surface area contributed by atoms with Gasteiger partial charge in [-0.2, -0.15) is 0 Å². The molecule has 3 rings (SSSR count). The summed E-state index contributed by atoms with van der Waals surface area (Å²) in [7, 11) is 0. The van der Waals surface area contributed by atoms with Gasteiger partial charge in [-0.25, -0.2) is 0 Å². The maximum Gasteiger partial charge on any atom is 0.259 e. The Morgan fingerprint density at radius 3 is 2.79 bits per heavy atom. The van der Waals surface area contributed by atoms with Gasteiger partial charge in [0, 0.05) is 18.3 Å². The van der Waals surface area contributed by atoms with Gasteiger partial charge in [0.15, 0.2) is 3.95 Å². The van der Waals surface area contributed by atoms with Crippen molar-refractivity contribution in [1.82, 2.24) is 20.5 Å². The van der Waals surface area contributed by atoms with Gasteiger partial charge in [0.1, 0.15) is 0 Å². The zero-order valence-electron chi connectivity index (χ0n) is 14.8. The Balaban J connectivity index is 1.58. The number of anilines is 2. The molecule has 1 aromatic carbocycles. The maximum absolute atomic E-state index is 12.4. The van der Waals surface area contributed by atoms with Gasteiger partial charge in [-0.1, -0.05) is 29.5 Å². The standard InChI is InChI=1S/C18H18N6O2S2/c19-15-11(7-8-14(25)21-10-12-5-1-2-9-20-12)4-3-6-13(15)16(26)22-17-23-24-18(27)28-17/h1-6,9H,7-8,10,19H2,(H,21,25)(H,24,27)(H,22,23,26). The van der Waals surface area contributed by atoms with Crippen molar-refractivity contribution in [3.63, 3.8) is 0 Å². The third kappa shape index (κ3) is 5.21. The lowest BCUT2D eigenvalue weighted by Gasteiger charge is -2.10. The monoisotopic (exact) mass is 414 g/mol. The summed E-state index contributed by atoms with van der Waals surface area (Å²) in [5.74, 6) is -0.493. The summed E-state index contributed by atoms with van der Waals surface area (Å²) in [6.07, 6.45) is 2.35. The number of para-hydroxylation sites is 1. The fraction of sp³-hybridized carbons (Fsp3) is 0.167. The van der Waals surface area contributed by atoms with Crippen LogP contribution in [-0.2, 0) is 17.8 Å². The molecule has 8 nitrogen and oxygen atoms in total. The van der Waals surface area contributed by atoms with E-state index in [1.54, 1.807) is 24.4 Å². The van der Waals surface area contributed by atoms with Gasteiger partial charge in [-0.05, 0) is 42.4 Å². The first-order valence-corrected chi connectivity index (χ1v) is 9.66. The van der Waals surface area contributed by atoms with E-state index in [-0.39, 0.29) is 18.2 Å². The highest BCUT2D eigenvalue weighted by molar-refractivity contribution is 7.73. The molecule has 2 amide bonds. The van der Waals surface area contributed by atoms with Crippen LogP contribution in [0.1, 0.15) is 28.0 Å². The summed E-state index contributed by atoms with van der Waals surface area (Å²) in [6.45, 7) is 0.368. The Kier molecular flexibility index (Phi) is 6.45. The van der Waals surface area contributed by atoms with Crippen LogP contribution < -0.4 is 16.4 Å². The van der Waals surface area contributed by atoms with Crippen molar-refractivity contribution in [2.75, 3.05) is 11.1 Å². The molecule has 0 radical (unpaired) electrons. The second-order valence-corrected chi connectivity index (χ2v) is 7.51. The highest BCUT2D eigenvalue weighted by Gasteiger charge is 2.15. The first-order chi connectivity index (χ1) is 13.5. The number of rotatable bonds is 7. The number of aromatic nitrogens is 3. The summed E-state index contributed by atoms with van der Waals surface area (Å²) < 4.78 is 0.466. The Morgan fingerprint density at radius 2 is 2.07 bits per heavy atom. The van der Waals surface area contributed by atoms with Gasteiger partial charge in [-0.15, -0.1) is 5.10 Å². The number of nitrogen functional groups attached to an aromatic ring is 1. The molecule has 0 saturated heterocycles. The van der Waals surface area contributed by atoms with Crippen LogP contribution in [0.2, 0.25) is 0 Å². The fourth-order valence-electron chi connectivity index (χ4n) is 2.51. The van der Waals surface area contributed by atoms with Crippen LogP contribution in [0.3, 0.4) is 0 Å². The first kappa shape index (κ1) is 19.6. The highest BCUT2D eigenvalue weighted by atomic mass is 32.1. The fourth-order valence-corrected chi connectivity index (χ4v) is 3.29. The molecule has 0 aliphatic carbocycles. The molecule has 28 heavy (non-hydrogen) atoms. The van der Waals surface area contributed by atoms with Crippen LogP contribution in [-0.4, -0.2) is 27.0 Å². The van der Waals surface area contributed by atoms with Crippen molar-refractivity contribution in [3.05, 3.63) is 63.4 Å². The van der Waals surface area contributed by atoms with E-state index in [2.05, 4.69) is 25.8 Å². The largest absolute Gasteiger partial charge is 0.398 e. The molecule has 5 N–H and O–H groups in total. The molecule has 3 aromatic rings. The molecule has 0 aliphatic heterocycles. The Hall–Kier alpha value is -3.11. The van der Waals surface area contributed by atoms with Crippen molar-refractivity contribution in [3.8, 4) is 0 Å². The normalized spacial score (nSPS) is 10.4. The number of pyridine rings is 1. The number of benzene rings is 1. The maximum atomic E-state index is 12.4. The van der Waals surface area contributed by atoms with E-state index >= 15 is 0 Å². The molecular formula is C18H18N6O2S2. The van der Waals surface area contributed by atoms with E-state index < -0.39 is 0 Å². The average Bonchev–Trinajstić information content (AvgIpc) is 3.11. The van der Waals surface area contributed by atoms with E-state index in [9.17, 15) is 9.59 Å². The van der Waals surface area contributed by atoms with E-state index in [4.69, 9.17) is 18.0 Å². The van der Waals surface area contributed by atoms with Gasteiger partial charge in [0.25, 0.3) is 5.91 Å². The number of aromatic amines is 1. The lowest BCUT2D eigenvalue weighted by atomic mass is 10.0.